The van der Waals surface area contributed by atoms with E-state index in [1.54, 1.807) is 6.20 Å². The Morgan fingerprint density at radius 3 is 2.66 bits per heavy atom. The molecule has 2 aromatic rings. The van der Waals surface area contributed by atoms with Crippen LogP contribution in [0.1, 0.15) is 36.9 Å². The van der Waals surface area contributed by atoms with Gasteiger partial charge in [-0.1, -0.05) is 30.3 Å². The van der Waals surface area contributed by atoms with Crippen LogP contribution >= 0.6 is 0 Å². The molecule has 1 aromatic carbocycles. The first kappa shape index (κ1) is 20.0. The van der Waals surface area contributed by atoms with Crippen molar-refractivity contribution in [2.75, 3.05) is 26.2 Å². The first-order valence-corrected chi connectivity index (χ1v) is 10.8. The summed E-state index contributed by atoms with van der Waals surface area (Å²) in [5, 5.41) is 3.06. The molecule has 1 atom stereocenters. The maximum absolute atomic E-state index is 12.7. The monoisotopic (exact) mass is 393 g/mol. The van der Waals surface area contributed by atoms with Crippen molar-refractivity contribution in [3.8, 4) is 0 Å². The molecule has 0 bridgehead atoms. The predicted octanol–water partition coefficient (Wildman–Crippen LogP) is 2.47. The molecule has 4 rings (SSSR count). The Bertz CT molecular complexity index is 761. The Morgan fingerprint density at radius 1 is 1.07 bits per heavy atom. The molecule has 6 heteroatoms. The average molecular weight is 394 g/mol. The zero-order chi connectivity index (χ0) is 19.9. The van der Waals surface area contributed by atoms with Crippen LogP contribution < -0.4 is 5.32 Å². The summed E-state index contributed by atoms with van der Waals surface area (Å²) in [5.74, 6) is 0.253. The third-order valence-corrected chi connectivity index (χ3v) is 6.23. The molecule has 0 aliphatic carbocycles. The second kappa shape index (κ2) is 9.94. The lowest BCUT2D eigenvalue weighted by Gasteiger charge is -2.42. The standard InChI is InChI=1S/C23H31N5O/c29-23(25-15-21-8-11-24-18-26-21)20-7-4-12-28(17-20)22-9-13-27(14-10-22)16-19-5-2-1-3-6-19/h1-3,5-6,8,11,18,20,22H,4,7,9-10,12-17H2,(H,25,29)/t20-/m0/s1. The first-order chi connectivity index (χ1) is 14.3. The molecule has 29 heavy (non-hydrogen) atoms. The Hall–Kier alpha value is -2.31. The van der Waals surface area contributed by atoms with E-state index in [2.05, 4.69) is 55.4 Å². The zero-order valence-electron chi connectivity index (χ0n) is 17.0. The van der Waals surface area contributed by atoms with E-state index in [4.69, 9.17) is 0 Å². The lowest BCUT2D eigenvalue weighted by atomic mass is 9.93. The van der Waals surface area contributed by atoms with Crippen LogP contribution in [0.2, 0.25) is 0 Å². The second-order valence-corrected chi connectivity index (χ2v) is 8.25. The van der Waals surface area contributed by atoms with Gasteiger partial charge in [0.2, 0.25) is 5.91 Å². The highest BCUT2D eigenvalue weighted by molar-refractivity contribution is 5.78. The summed E-state index contributed by atoms with van der Waals surface area (Å²) in [6, 6.07) is 13.2. The van der Waals surface area contributed by atoms with E-state index in [1.807, 2.05) is 6.07 Å². The third-order valence-electron chi connectivity index (χ3n) is 6.23. The van der Waals surface area contributed by atoms with Gasteiger partial charge in [0.1, 0.15) is 6.33 Å². The molecular formula is C23H31N5O. The number of benzene rings is 1. The lowest BCUT2D eigenvalue weighted by molar-refractivity contribution is -0.127. The molecule has 0 spiro atoms. The number of amides is 1. The lowest BCUT2D eigenvalue weighted by Crippen LogP contribution is -2.50. The zero-order valence-corrected chi connectivity index (χ0v) is 17.0. The number of nitrogens with zero attached hydrogens (tertiary/aromatic N) is 4. The molecule has 154 valence electrons. The van der Waals surface area contributed by atoms with Crippen LogP contribution in [0, 0.1) is 5.92 Å². The summed E-state index contributed by atoms with van der Waals surface area (Å²) < 4.78 is 0. The molecular weight excluding hydrogens is 362 g/mol. The van der Waals surface area contributed by atoms with Crippen LogP contribution in [0.15, 0.2) is 48.9 Å². The molecule has 1 amide bonds. The predicted molar refractivity (Wildman–Crippen MR) is 113 cm³/mol. The van der Waals surface area contributed by atoms with Crippen LogP contribution in [-0.4, -0.2) is 57.9 Å². The number of piperidine rings is 2. The van der Waals surface area contributed by atoms with Gasteiger partial charge in [-0.2, -0.15) is 0 Å². The van der Waals surface area contributed by atoms with Gasteiger partial charge in [-0.3, -0.25) is 14.6 Å². The van der Waals surface area contributed by atoms with E-state index in [0.717, 1.165) is 51.3 Å². The van der Waals surface area contributed by atoms with Gasteiger partial charge in [-0.15, -0.1) is 0 Å². The highest BCUT2D eigenvalue weighted by Crippen LogP contribution is 2.24. The summed E-state index contributed by atoms with van der Waals surface area (Å²) in [6.45, 7) is 5.82. The first-order valence-electron chi connectivity index (χ1n) is 10.8. The molecule has 2 fully saturated rings. The van der Waals surface area contributed by atoms with Gasteiger partial charge in [0.15, 0.2) is 0 Å². The summed E-state index contributed by atoms with van der Waals surface area (Å²) in [7, 11) is 0. The minimum absolute atomic E-state index is 0.0907. The van der Waals surface area contributed by atoms with Crippen LogP contribution in [0.5, 0.6) is 0 Å². The minimum atomic E-state index is 0.0907. The van der Waals surface area contributed by atoms with Crippen LogP contribution in [0.25, 0.3) is 0 Å². The number of carbonyl (C=O) groups excluding carboxylic acids is 1. The van der Waals surface area contributed by atoms with Crippen LogP contribution in [-0.2, 0) is 17.9 Å². The Morgan fingerprint density at radius 2 is 1.90 bits per heavy atom. The fourth-order valence-electron chi connectivity index (χ4n) is 4.58. The number of carbonyl (C=O) groups is 1. The van der Waals surface area contributed by atoms with Crippen molar-refractivity contribution in [3.63, 3.8) is 0 Å². The Balaban J connectivity index is 1.23. The fraction of sp³-hybridized carbons (Fsp3) is 0.522. The molecule has 6 nitrogen and oxygen atoms in total. The van der Waals surface area contributed by atoms with Crippen LogP contribution in [0.4, 0.5) is 0 Å². The fourth-order valence-corrected chi connectivity index (χ4v) is 4.58. The van der Waals surface area contributed by atoms with Crippen molar-refractivity contribution in [1.29, 1.82) is 0 Å². The summed E-state index contributed by atoms with van der Waals surface area (Å²) >= 11 is 0. The van der Waals surface area contributed by atoms with E-state index < -0.39 is 0 Å². The summed E-state index contributed by atoms with van der Waals surface area (Å²) in [5.41, 5.74) is 2.25. The van der Waals surface area contributed by atoms with Gasteiger partial charge < -0.3 is 5.32 Å². The molecule has 2 aliphatic heterocycles. The van der Waals surface area contributed by atoms with E-state index in [0.29, 0.717) is 12.6 Å². The summed E-state index contributed by atoms with van der Waals surface area (Å²) in [6.07, 6.45) is 7.72. The number of hydrogen-bond acceptors (Lipinski definition) is 5. The number of hydrogen-bond donors (Lipinski definition) is 1. The smallest absolute Gasteiger partial charge is 0.224 e. The van der Waals surface area contributed by atoms with Crippen molar-refractivity contribution in [1.82, 2.24) is 25.1 Å². The van der Waals surface area contributed by atoms with Gasteiger partial charge >= 0.3 is 0 Å². The number of likely N-dealkylation sites (tertiary alicyclic amines) is 2. The van der Waals surface area contributed by atoms with Crippen molar-refractivity contribution < 1.29 is 4.79 Å². The molecule has 0 saturated carbocycles. The molecule has 2 aliphatic rings. The largest absolute Gasteiger partial charge is 0.350 e. The third kappa shape index (κ3) is 5.61. The highest BCUT2D eigenvalue weighted by Gasteiger charge is 2.31. The highest BCUT2D eigenvalue weighted by atomic mass is 16.1. The van der Waals surface area contributed by atoms with E-state index in [9.17, 15) is 4.79 Å². The normalized spacial score (nSPS) is 21.7. The molecule has 1 N–H and O–H groups in total. The van der Waals surface area contributed by atoms with Crippen molar-refractivity contribution >= 4 is 5.91 Å². The minimum Gasteiger partial charge on any atom is -0.350 e. The molecule has 3 heterocycles. The molecule has 2 saturated heterocycles. The Labute approximate surface area is 173 Å². The SMILES string of the molecule is O=C(NCc1ccncn1)[C@H]1CCCN(C2CCN(Cc3ccccc3)CC2)C1. The molecule has 0 radical (unpaired) electrons. The number of aromatic nitrogens is 2. The topological polar surface area (TPSA) is 61.4 Å². The van der Waals surface area contributed by atoms with Gasteiger partial charge in [0, 0.05) is 25.3 Å². The van der Waals surface area contributed by atoms with E-state index >= 15 is 0 Å². The van der Waals surface area contributed by atoms with Crippen LogP contribution in [0.3, 0.4) is 0 Å². The van der Waals surface area contributed by atoms with Gasteiger partial charge in [-0.05, 0) is 56.9 Å². The second-order valence-electron chi connectivity index (χ2n) is 8.25. The van der Waals surface area contributed by atoms with Gasteiger partial charge in [0.05, 0.1) is 18.2 Å². The number of nitrogens with one attached hydrogen (secondary N) is 1. The van der Waals surface area contributed by atoms with Crippen molar-refractivity contribution in [2.24, 2.45) is 5.92 Å². The molecule has 0 unspecified atom stereocenters. The Kier molecular flexibility index (Phi) is 6.85. The molecule has 1 aromatic heterocycles. The quantitative estimate of drug-likeness (QED) is 0.817. The van der Waals surface area contributed by atoms with Gasteiger partial charge in [-0.25, -0.2) is 9.97 Å². The maximum atomic E-state index is 12.7. The average Bonchev–Trinajstić information content (AvgIpc) is 2.79. The number of rotatable bonds is 6. The van der Waals surface area contributed by atoms with E-state index in [1.165, 1.54) is 24.7 Å². The van der Waals surface area contributed by atoms with Crippen molar-refractivity contribution in [3.05, 3.63) is 60.2 Å². The van der Waals surface area contributed by atoms with E-state index in [-0.39, 0.29) is 11.8 Å². The summed E-state index contributed by atoms with van der Waals surface area (Å²) in [4.78, 5) is 25.9. The van der Waals surface area contributed by atoms with Crippen molar-refractivity contribution in [2.45, 2.75) is 44.8 Å². The van der Waals surface area contributed by atoms with Gasteiger partial charge in [0.25, 0.3) is 0 Å². The maximum Gasteiger partial charge on any atom is 0.224 e.